The number of thiazole rings is 1. The number of aryl methyl sites for hydroxylation is 3. The van der Waals surface area contributed by atoms with Crippen LogP contribution < -0.4 is 5.56 Å². The first-order valence-corrected chi connectivity index (χ1v) is 8.90. The van der Waals surface area contributed by atoms with Gasteiger partial charge in [-0.15, -0.1) is 11.3 Å². The van der Waals surface area contributed by atoms with Gasteiger partial charge in [0, 0.05) is 22.9 Å². The Kier molecular flexibility index (Phi) is 3.69. The van der Waals surface area contributed by atoms with Crippen LogP contribution in [0.3, 0.4) is 0 Å². The molecule has 0 saturated carbocycles. The van der Waals surface area contributed by atoms with Crippen LogP contribution in [0.25, 0.3) is 21.1 Å². The highest BCUT2D eigenvalue weighted by Crippen LogP contribution is 2.24. The number of aromatic amines is 1. The van der Waals surface area contributed by atoms with Crippen LogP contribution in [-0.2, 0) is 12.8 Å². The van der Waals surface area contributed by atoms with E-state index in [4.69, 9.17) is 0 Å². The summed E-state index contributed by atoms with van der Waals surface area (Å²) in [6, 6.07) is 14.3. The van der Waals surface area contributed by atoms with Crippen molar-refractivity contribution in [2.75, 3.05) is 0 Å². The van der Waals surface area contributed by atoms with Gasteiger partial charge in [-0.3, -0.25) is 4.79 Å². The molecule has 0 unspecified atom stereocenters. The third-order valence-corrected chi connectivity index (χ3v) is 5.58. The molecule has 0 atom stereocenters. The first kappa shape index (κ1) is 15.1. The van der Waals surface area contributed by atoms with E-state index >= 15 is 0 Å². The van der Waals surface area contributed by atoms with Gasteiger partial charge in [-0.2, -0.15) is 0 Å². The average molecular weight is 334 g/mol. The summed E-state index contributed by atoms with van der Waals surface area (Å²) in [5.41, 5.74) is 5.12. The Morgan fingerprint density at radius 3 is 2.75 bits per heavy atom. The summed E-state index contributed by atoms with van der Waals surface area (Å²) < 4.78 is 1.20. The molecular formula is C20H18N2OS. The molecule has 4 rings (SSSR count). The summed E-state index contributed by atoms with van der Waals surface area (Å²) in [6.07, 6.45) is 1.51. The second-order valence-electron chi connectivity index (χ2n) is 6.18. The minimum Gasteiger partial charge on any atom is -0.322 e. The van der Waals surface area contributed by atoms with Crippen molar-refractivity contribution in [2.24, 2.45) is 0 Å². The van der Waals surface area contributed by atoms with Crippen molar-refractivity contribution in [1.29, 1.82) is 0 Å². The van der Waals surface area contributed by atoms with E-state index in [-0.39, 0.29) is 5.56 Å². The Bertz CT molecular complexity index is 1070. The Hall–Kier alpha value is -2.46. The van der Waals surface area contributed by atoms with E-state index in [2.05, 4.69) is 29.0 Å². The normalized spacial score (nSPS) is 11.4. The Morgan fingerprint density at radius 2 is 1.92 bits per heavy atom. The molecule has 0 saturated heterocycles. The molecule has 0 amide bonds. The number of aromatic nitrogens is 2. The number of rotatable bonds is 3. The molecule has 0 aliphatic heterocycles. The molecule has 0 radical (unpaired) electrons. The maximum Gasteiger partial charge on any atom is 0.251 e. The smallest absolute Gasteiger partial charge is 0.251 e. The Balaban J connectivity index is 1.70. The molecule has 24 heavy (non-hydrogen) atoms. The van der Waals surface area contributed by atoms with Crippen LogP contribution in [0.1, 0.15) is 21.7 Å². The minimum absolute atomic E-state index is 0.0185. The fourth-order valence-corrected chi connectivity index (χ4v) is 4.13. The number of nitrogens with zero attached hydrogens (tertiary/aromatic N) is 1. The van der Waals surface area contributed by atoms with Gasteiger partial charge < -0.3 is 4.98 Å². The lowest BCUT2D eigenvalue weighted by molar-refractivity contribution is 0.920. The molecule has 120 valence electrons. The van der Waals surface area contributed by atoms with Crippen LogP contribution in [-0.4, -0.2) is 9.97 Å². The van der Waals surface area contributed by atoms with Crippen LogP contribution in [0.5, 0.6) is 0 Å². The van der Waals surface area contributed by atoms with E-state index in [1.165, 1.54) is 10.3 Å². The van der Waals surface area contributed by atoms with Gasteiger partial charge in [0.1, 0.15) is 0 Å². The zero-order chi connectivity index (χ0) is 16.7. The number of fused-ring (bicyclic) bond motifs is 2. The predicted molar refractivity (Wildman–Crippen MR) is 101 cm³/mol. The van der Waals surface area contributed by atoms with E-state index < -0.39 is 0 Å². The van der Waals surface area contributed by atoms with E-state index in [0.717, 1.165) is 39.0 Å². The Labute approximate surface area is 144 Å². The number of H-pyrrole nitrogens is 1. The summed E-state index contributed by atoms with van der Waals surface area (Å²) >= 11 is 1.71. The number of pyridine rings is 1. The fraction of sp³-hybridized carbons (Fsp3) is 0.200. The number of nitrogens with one attached hydrogen (secondary N) is 1. The largest absolute Gasteiger partial charge is 0.322 e. The molecule has 4 heteroatoms. The molecular weight excluding hydrogens is 316 g/mol. The molecule has 0 aliphatic rings. The third kappa shape index (κ3) is 2.63. The van der Waals surface area contributed by atoms with Crippen LogP contribution in [0.2, 0.25) is 0 Å². The van der Waals surface area contributed by atoms with Gasteiger partial charge in [0.15, 0.2) is 0 Å². The molecule has 0 spiro atoms. The van der Waals surface area contributed by atoms with Crippen molar-refractivity contribution >= 4 is 32.5 Å². The van der Waals surface area contributed by atoms with Gasteiger partial charge >= 0.3 is 0 Å². The van der Waals surface area contributed by atoms with E-state index in [9.17, 15) is 4.79 Å². The molecule has 1 N–H and O–H groups in total. The third-order valence-electron chi connectivity index (χ3n) is 4.48. The molecule has 0 bridgehead atoms. The highest BCUT2D eigenvalue weighted by molar-refractivity contribution is 7.18. The molecule has 3 nitrogen and oxygen atoms in total. The number of hydrogen-bond acceptors (Lipinski definition) is 3. The van der Waals surface area contributed by atoms with E-state index in [1.54, 1.807) is 11.3 Å². The standard InChI is InChI=1S/C20H18N2OS/c1-12-7-9-16-15(11-12)13(2)14(20(23)22-16)8-10-19-21-17-5-3-4-6-18(17)24-19/h3-7,9,11H,8,10H2,1-2H3,(H,22,23). The first-order chi connectivity index (χ1) is 11.6. The van der Waals surface area contributed by atoms with Crippen LogP contribution in [0.15, 0.2) is 47.3 Å². The monoisotopic (exact) mass is 334 g/mol. The predicted octanol–water partition coefficient (Wildman–Crippen LogP) is 4.54. The summed E-state index contributed by atoms with van der Waals surface area (Å²) in [4.78, 5) is 20.1. The second kappa shape index (κ2) is 5.87. The summed E-state index contributed by atoms with van der Waals surface area (Å²) in [5, 5.41) is 2.22. The molecule has 2 aromatic heterocycles. The van der Waals surface area contributed by atoms with Crippen molar-refractivity contribution in [3.8, 4) is 0 Å². The van der Waals surface area contributed by atoms with Gasteiger partial charge in [-0.1, -0.05) is 23.8 Å². The summed E-state index contributed by atoms with van der Waals surface area (Å²) in [5.74, 6) is 0. The van der Waals surface area contributed by atoms with E-state index in [1.807, 2.05) is 37.3 Å². The van der Waals surface area contributed by atoms with Crippen molar-refractivity contribution in [3.05, 3.63) is 74.5 Å². The van der Waals surface area contributed by atoms with Gasteiger partial charge in [0.25, 0.3) is 5.56 Å². The number of para-hydroxylation sites is 1. The Morgan fingerprint density at radius 1 is 1.08 bits per heavy atom. The quantitative estimate of drug-likeness (QED) is 0.598. The van der Waals surface area contributed by atoms with Crippen molar-refractivity contribution in [1.82, 2.24) is 9.97 Å². The van der Waals surface area contributed by atoms with Gasteiger partial charge in [-0.05, 0) is 50.1 Å². The van der Waals surface area contributed by atoms with Gasteiger partial charge in [-0.25, -0.2) is 4.98 Å². The molecule has 0 aliphatic carbocycles. The highest BCUT2D eigenvalue weighted by Gasteiger charge is 2.11. The zero-order valence-electron chi connectivity index (χ0n) is 13.7. The van der Waals surface area contributed by atoms with Crippen molar-refractivity contribution in [2.45, 2.75) is 26.7 Å². The topological polar surface area (TPSA) is 45.8 Å². The fourth-order valence-electron chi connectivity index (χ4n) is 3.17. The summed E-state index contributed by atoms with van der Waals surface area (Å²) in [7, 11) is 0. The van der Waals surface area contributed by atoms with Crippen molar-refractivity contribution in [3.63, 3.8) is 0 Å². The minimum atomic E-state index is 0.0185. The van der Waals surface area contributed by atoms with Crippen LogP contribution in [0.4, 0.5) is 0 Å². The lowest BCUT2D eigenvalue weighted by Crippen LogP contribution is -2.15. The zero-order valence-corrected chi connectivity index (χ0v) is 14.5. The lowest BCUT2D eigenvalue weighted by Gasteiger charge is -2.09. The maximum atomic E-state index is 12.5. The van der Waals surface area contributed by atoms with Crippen LogP contribution >= 0.6 is 11.3 Å². The molecule has 2 heterocycles. The summed E-state index contributed by atoms with van der Waals surface area (Å²) in [6.45, 7) is 4.12. The van der Waals surface area contributed by atoms with Gasteiger partial charge in [0.2, 0.25) is 0 Å². The maximum absolute atomic E-state index is 12.5. The number of benzene rings is 2. The highest BCUT2D eigenvalue weighted by atomic mass is 32.1. The molecule has 4 aromatic rings. The van der Waals surface area contributed by atoms with Crippen molar-refractivity contribution < 1.29 is 0 Å². The molecule has 2 aromatic carbocycles. The second-order valence-corrected chi connectivity index (χ2v) is 7.30. The molecule has 0 fully saturated rings. The van der Waals surface area contributed by atoms with Gasteiger partial charge in [0.05, 0.1) is 15.2 Å². The van der Waals surface area contributed by atoms with Crippen LogP contribution in [0, 0.1) is 13.8 Å². The lowest BCUT2D eigenvalue weighted by atomic mass is 10.00. The number of hydrogen-bond donors (Lipinski definition) is 1. The average Bonchev–Trinajstić information content (AvgIpc) is 2.98. The SMILES string of the molecule is Cc1ccc2[nH]c(=O)c(CCc3nc4ccccc4s3)c(C)c2c1. The van der Waals surface area contributed by atoms with E-state index in [0.29, 0.717) is 6.42 Å². The first-order valence-electron chi connectivity index (χ1n) is 8.08.